The number of nitrogens with zero attached hydrogens (tertiary/aromatic N) is 2. The highest BCUT2D eigenvalue weighted by Crippen LogP contribution is 2.21. The highest BCUT2D eigenvalue weighted by atomic mass is 16.5. The van der Waals surface area contributed by atoms with Crippen LogP contribution in [0.2, 0.25) is 0 Å². The van der Waals surface area contributed by atoms with Gasteiger partial charge in [0.2, 0.25) is 0 Å². The lowest BCUT2D eigenvalue weighted by Gasteiger charge is -2.33. The summed E-state index contributed by atoms with van der Waals surface area (Å²) in [6, 6.07) is 0.901. The average Bonchev–Trinajstić information content (AvgIpc) is 2.66. The van der Waals surface area contributed by atoms with Crippen LogP contribution in [0.4, 0.5) is 0 Å². The van der Waals surface area contributed by atoms with Gasteiger partial charge in [-0.3, -0.25) is 0 Å². The molecule has 1 fully saturated rings. The van der Waals surface area contributed by atoms with Crippen LogP contribution in [0.3, 0.4) is 0 Å². The van der Waals surface area contributed by atoms with Crippen LogP contribution < -0.4 is 5.32 Å². The standard InChI is InChI=1S/C11H19N3O/c1-3-12-10-4-7-15-8-11(10)14-6-5-13-9(14)2/h5-6,10-12H,3-4,7-8H2,1-2H3. The number of likely N-dealkylation sites (N-methyl/N-ethyl adjacent to an activating group) is 1. The molecule has 4 nitrogen and oxygen atoms in total. The molecule has 84 valence electrons. The minimum Gasteiger partial charge on any atom is -0.379 e. The molecule has 0 radical (unpaired) electrons. The van der Waals surface area contributed by atoms with Gasteiger partial charge in [0.25, 0.3) is 0 Å². The molecule has 0 spiro atoms. The second-order valence-corrected chi connectivity index (χ2v) is 3.98. The molecule has 1 aliphatic heterocycles. The van der Waals surface area contributed by atoms with Gasteiger partial charge in [-0.25, -0.2) is 4.98 Å². The number of ether oxygens (including phenoxy) is 1. The summed E-state index contributed by atoms with van der Waals surface area (Å²) in [6.07, 6.45) is 4.97. The zero-order chi connectivity index (χ0) is 10.7. The van der Waals surface area contributed by atoms with E-state index in [0.717, 1.165) is 32.0 Å². The van der Waals surface area contributed by atoms with Crippen molar-refractivity contribution in [2.24, 2.45) is 0 Å². The normalized spacial score (nSPS) is 26.8. The van der Waals surface area contributed by atoms with Crippen LogP contribution in [0.15, 0.2) is 12.4 Å². The third kappa shape index (κ3) is 2.21. The van der Waals surface area contributed by atoms with E-state index in [9.17, 15) is 0 Å². The first kappa shape index (κ1) is 10.6. The van der Waals surface area contributed by atoms with Gasteiger partial charge in [0, 0.05) is 25.0 Å². The molecule has 2 rings (SSSR count). The molecule has 15 heavy (non-hydrogen) atoms. The van der Waals surface area contributed by atoms with E-state index >= 15 is 0 Å². The Labute approximate surface area is 90.6 Å². The maximum atomic E-state index is 5.55. The van der Waals surface area contributed by atoms with Gasteiger partial charge in [-0.2, -0.15) is 0 Å². The van der Waals surface area contributed by atoms with Crippen LogP contribution in [0.5, 0.6) is 0 Å². The van der Waals surface area contributed by atoms with Gasteiger partial charge in [0.15, 0.2) is 0 Å². The van der Waals surface area contributed by atoms with Crippen LogP contribution >= 0.6 is 0 Å². The van der Waals surface area contributed by atoms with Crippen molar-refractivity contribution in [2.45, 2.75) is 32.4 Å². The molecule has 0 saturated carbocycles. The van der Waals surface area contributed by atoms with Crippen LogP contribution in [-0.4, -0.2) is 35.4 Å². The van der Waals surface area contributed by atoms with Gasteiger partial charge in [-0.05, 0) is 19.9 Å². The SMILES string of the molecule is CCNC1CCOCC1n1ccnc1C. The Bertz CT molecular complexity index is 309. The first-order valence-corrected chi connectivity index (χ1v) is 5.63. The largest absolute Gasteiger partial charge is 0.379 e. The van der Waals surface area contributed by atoms with Crippen molar-refractivity contribution >= 4 is 0 Å². The van der Waals surface area contributed by atoms with Crippen LogP contribution in [0.25, 0.3) is 0 Å². The Morgan fingerprint density at radius 3 is 3.20 bits per heavy atom. The summed E-state index contributed by atoms with van der Waals surface area (Å²) < 4.78 is 7.76. The molecule has 1 aromatic heterocycles. The zero-order valence-electron chi connectivity index (χ0n) is 9.44. The Morgan fingerprint density at radius 1 is 1.67 bits per heavy atom. The Morgan fingerprint density at radius 2 is 2.53 bits per heavy atom. The lowest BCUT2D eigenvalue weighted by Crippen LogP contribution is -2.43. The monoisotopic (exact) mass is 209 g/mol. The molecule has 1 aliphatic rings. The molecule has 2 heterocycles. The highest BCUT2D eigenvalue weighted by molar-refractivity contribution is 4.96. The first-order chi connectivity index (χ1) is 7.33. The predicted molar refractivity (Wildman–Crippen MR) is 58.9 cm³/mol. The molecule has 2 atom stereocenters. The highest BCUT2D eigenvalue weighted by Gasteiger charge is 2.26. The maximum Gasteiger partial charge on any atom is 0.105 e. The fraction of sp³-hybridized carbons (Fsp3) is 0.727. The second-order valence-electron chi connectivity index (χ2n) is 3.98. The number of aryl methyl sites for hydroxylation is 1. The van der Waals surface area contributed by atoms with Gasteiger partial charge < -0.3 is 14.6 Å². The molecule has 1 aromatic rings. The smallest absolute Gasteiger partial charge is 0.105 e. The lowest BCUT2D eigenvalue weighted by molar-refractivity contribution is 0.0368. The van der Waals surface area contributed by atoms with Gasteiger partial charge in [-0.15, -0.1) is 0 Å². The molecule has 2 unspecified atom stereocenters. The van der Waals surface area contributed by atoms with Crippen molar-refractivity contribution in [1.29, 1.82) is 0 Å². The van der Waals surface area contributed by atoms with E-state index in [1.807, 2.05) is 19.3 Å². The summed E-state index contributed by atoms with van der Waals surface area (Å²) in [5, 5.41) is 3.52. The molecule has 4 heteroatoms. The first-order valence-electron chi connectivity index (χ1n) is 5.63. The maximum absolute atomic E-state index is 5.55. The molecular formula is C11H19N3O. The van der Waals surface area contributed by atoms with Crippen LogP contribution in [0.1, 0.15) is 25.2 Å². The summed E-state index contributed by atoms with van der Waals surface area (Å²) in [5.74, 6) is 1.06. The quantitative estimate of drug-likeness (QED) is 0.811. The Balaban J connectivity index is 2.14. The summed E-state index contributed by atoms with van der Waals surface area (Å²) in [7, 11) is 0. The lowest BCUT2D eigenvalue weighted by atomic mass is 10.0. The van der Waals surface area contributed by atoms with Crippen molar-refractivity contribution < 1.29 is 4.74 Å². The summed E-state index contributed by atoms with van der Waals surface area (Å²) in [6.45, 7) is 6.84. The van der Waals surface area contributed by atoms with Gasteiger partial charge in [0.05, 0.1) is 12.6 Å². The van der Waals surface area contributed by atoms with Crippen LogP contribution in [-0.2, 0) is 4.74 Å². The summed E-state index contributed by atoms with van der Waals surface area (Å²) in [5.41, 5.74) is 0. The molecule has 1 N–H and O–H groups in total. The second kappa shape index (κ2) is 4.77. The minimum absolute atomic E-state index is 0.390. The van der Waals surface area contributed by atoms with E-state index in [2.05, 4.69) is 21.8 Å². The number of aromatic nitrogens is 2. The van der Waals surface area contributed by atoms with Gasteiger partial charge in [-0.1, -0.05) is 6.92 Å². The van der Waals surface area contributed by atoms with Crippen LogP contribution in [0, 0.1) is 6.92 Å². The Kier molecular flexibility index (Phi) is 3.38. The van der Waals surface area contributed by atoms with E-state index < -0.39 is 0 Å². The predicted octanol–water partition coefficient (Wildman–Crippen LogP) is 1.13. The molecular weight excluding hydrogens is 190 g/mol. The molecule has 0 amide bonds. The van der Waals surface area contributed by atoms with E-state index in [0.29, 0.717) is 12.1 Å². The van der Waals surface area contributed by atoms with Crippen molar-refractivity contribution in [3.63, 3.8) is 0 Å². The van der Waals surface area contributed by atoms with E-state index in [4.69, 9.17) is 4.74 Å². The number of hydrogen-bond donors (Lipinski definition) is 1. The fourth-order valence-electron chi connectivity index (χ4n) is 2.24. The average molecular weight is 209 g/mol. The van der Waals surface area contributed by atoms with Crippen molar-refractivity contribution in [1.82, 2.24) is 14.9 Å². The van der Waals surface area contributed by atoms with Crippen molar-refractivity contribution in [3.05, 3.63) is 18.2 Å². The molecule has 0 aromatic carbocycles. The number of hydrogen-bond acceptors (Lipinski definition) is 3. The fourth-order valence-corrected chi connectivity index (χ4v) is 2.24. The molecule has 0 aliphatic carbocycles. The van der Waals surface area contributed by atoms with Crippen molar-refractivity contribution in [2.75, 3.05) is 19.8 Å². The number of imidazole rings is 1. The topological polar surface area (TPSA) is 39.1 Å². The van der Waals surface area contributed by atoms with E-state index in [-0.39, 0.29) is 0 Å². The third-order valence-electron chi connectivity index (χ3n) is 3.01. The zero-order valence-corrected chi connectivity index (χ0v) is 9.44. The van der Waals surface area contributed by atoms with E-state index in [1.54, 1.807) is 0 Å². The summed E-state index contributed by atoms with van der Waals surface area (Å²) in [4.78, 5) is 4.27. The van der Waals surface area contributed by atoms with Crippen molar-refractivity contribution in [3.8, 4) is 0 Å². The number of nitrogens with one attached hydrogen (secondary N) is 1. The molecule has 0 bridgehead atoms. The summed E-state index contributed by atoms with van der Waals surface area (Å²) >= 11 is 0. The van der Waals surface area contributed by atoms with Gasteiger partial charge in [0.1, 0.15) is 5.82 Å². The number of rotatable bonds is 3. The van der Waals surface area contributed by atoms with Gasteiger partial charge >= 0.3 is 0 Å². The Hall–Kier alpha value is -0.870. The minimum atomic E-state index is 0.390. The van der Waals surface area contributed by atoms with E-state index in [1.165, 1.54) is 0 Å². The third-order valence-corrected chi connectivity index (χ3v) is 3.01. The molecule has 1 saturated heterocycles.